The van der Waals surface area contributed by atoms with Crippen LogP contribution in [0.5, 0.6) is 0 Å². The van der Waals surface area contributed by atoms with E-state index in [1.165, 1.54) is 0 Å². The molecule has 0 aromatic heterocycles. The van der Waals surface area contributed by atoms with Crippen LogP contribution in [-0.2, 0) is 9.47 Å². The fourth-order valence-electron chi connectivity index (χ4n) is 0.705. The van der Waals surface area contributed by atoms with Crippen LogP contribution in [0.1, 0.15) is 13.8 Å². The molecule has 1 fully saturated rings. The van der Waals surface area contributed by atoms with Gasteiger partial charge in [0.1, 0.15) is 0 Å². The maximum Gasteiger partial charge on any atom is 0.164 e. The lowest BCUT2D eigenvalue weighted by molar-refractivity contribution is -0.129. The summed E-state index contributed by atoms with van der Waals surface area (Å²) in [5.74, 6) is -0.513. The summed E-state index contributed by atoms with van der Waals surface area (Å²) in [5, 5.41) is 0. The normalized spacial score (nSPS) is 33.0. The maximum absolute atomic E-state index is 8.51. The molecule has 9 heavy (non-hydrogen) atoms. The highest BCUT2D eigenvalue weighted by atomic mass is 32.2. The molecule has 1 aliphatic rings. The molecule has 1 atom stereocenters. The Morgan fingerprint density at radius 2 is 2.33 bits per heavy atom. The van der Waals surface area contributed by atoms with Gasteiger partial charge in [0.2, 0.25) is 0 Å². The van der Waals surface area contributed by atoms with Crippen molar-refractivity contribution < 1.29 is 14.0 Å². The molecule has 1 heterocycles. The summed E-state index contributed by atoms with van der Waals surface area (Å²) in [4.78, 5) is 0. The average molecular weight is 150 g/mol. The predicted molar refractivity (Wildman–Crippen MR) is 35.1 cm³/mol. The molecule has 0 amide bonds. The van der Waals surface area contributed by atoms with E-state index in [0.717, 1.165) is 0 Å². The van der Waals surface area contributed by atoms with Crippen LogP contribution in [0.3, 0.4) is 0 Å². The smallest absolute Gasteiger partial charge is 0.164 e. The van der Waals surface area contributed by atoms with E-state index in [-0.39, 0.29) is 5.44 Å². The first-order chi connectivity index (χ1) is 4.14. The topological polar surface area (TPSA) is 38.7 Å². The van der Waals surface area contributed by atoms with E-state index in [0.29, 0.717) is 18.6 Å². The van der Waals surface area contributed by atoms with E-state index in [1.54, 1.807) is 0 Å². The summed E-state index contributed by atoms with van der Waals surface area (Å²) in [6.45, 7) is 4.11. The van der Waals surface area contributed by atoms with E-state index in [2.05, 4.69) is 0 Å². The minimum Gasteiger partial charge on any atom is -0.347 e. The highest BCUT2D eigenvalue weighted by molar-refractivity contribution is 7.94. The second kappa shape index (κ2) is 2.46. The van der Waals surface area contributed by atoms with E-state index in [1.807, 2.05) is 13.8 Å². The Morgan fingerprint density at radius 3 is 2.56 bits per heavy atom. The fourth-order valence-corrected chi connectivity index (χ4v) is 1.11. The van der Waals surface area contributed by atoms with Crippen LogP contribution in [0, 0.1) is 0 Å². The number of hydrogen-bond donors (Lipinski definition) is 1. The van der Waals surface area contributed by atoms with Crippen LogP contribution in [0.2, 0.25) is 0 Å². The Morgan fingerprint density at radius 1 is 1.67 bits per heavy atom. The molecule has 1 aliphatic heterocycles. The van der Waals surface area contributed by atoms with Crippen LogP contribution in [0.25, 0.3) is 0 Å². The predicted octanol–water partition coefficient (Wildman–Crippen LogP) is 1.30. The van der Waals surface area contributed by atoms with Gasteiger partial charge in [-0.1, -0.05) is 0 Å². The number of ether oxygens (including phenoxy) is 2. The minimum absolute atomic E-state index is 0.208. The van der Waals surface area contributed by atoms with Crippen molar-refractivity contribution >= 4 is 12.0 Å². The molecule has 0 spiro atoms. The van der Waals surface area contributed by atoms with Crippen LogP contribution in [0.15, 0.2) is 0 Å². The molecule has 54 valence electrons. The second-order valence-corrected chi connectivity index (χ2v) is 3.10. The average Bonchev–Trinajstić information content (AvgIpc) is 2.10. The van der Waals surface area contributed by atoms with Gasteiger partial charge in [-0.3, -0.25) is 0 Å². The molecule has 0 radical (unpaired) electrons. The Labute approximate surface area is 58.5 Å². The molecule has 1 N–H and O–H groups in total. The van der Waals surface area contributed by atoms with Crippen molar-refractivity contribution in [3.63, 3.8) is 0 Å². The van der Waals surface area contributed by atoms with Crippen molar-refractivity contribution in [1.82, 2.24) is 0 Å². The largest absolute Gasteiger partial charge is 0.347 e. The van der Waals surface area contributed by atoms with E-state index >= 15 is 0 Å². The third kappa shape index (κ3) is 1.82. The first kappa shape index (κ1) is 7.34. The van der Waals surface area contributed by atoms with Crippen molar-refractivity contribution in [2.24, 2.45) is 0 Å². The summed E-state index contributed by atoms with van der Waals surface area (Å²) < 4.78 is 18.8. The molecule has 0 saturated carbocycles. The minimum atomic E-state index is -0.513. The molecular formula is C5H10O3S. The standard InChI is InChI=1S/C5H10O3S/c1-5(2)7-3-4(8-5)9-6/h4,6H,3H2,1-2H3. The third-order valence-electron chi connectivity index (χ3n) is 1.10. The molecule has 0 aliphatic carbocycles. The molecule has 1 saturated heterocycles. The SMILES string of the molecule is CC1(C)OCC(SO)O1. The summed E-state index contributed by atoms with van der Waals surface area (Å²) in [7, 11) is 0. The van der Waals surface area contributed by atoms with Gasteiger partial charge in [-0.2, -0.15) is 0 Å². The summed E-state index contributed by atoms with van der Waals surface area (Å²) in [6, 6.07) is 0. The Balaban J connectivity index is 2.38. The maximum atomic E-state index is 8.51. The molecule has 0 bridgehead atoms. The van der Waals surface area contributed by atoms with Gasteiger partial charge in [-0.15, -0.1) is 0 Å². The first-order valence-corrected chi connectivity index (χ1v) is 3.60. The lowest BCUT2D eigenvalue weighted by Gasteiger charge is -2.15. The summed E-state index contributed by atoms with van der Waals surface area (Å²) >= 11 is 0.687. The van der Waals surface area contributed by atoms with Gasteiger partial charge in [0, 0.05) is 12.0 Å². The van der Waals surface area contributed by atoms with Gasteiger partial charge in [-0.25, -0.2) is 0 Å². The van der Waals surface area contributed by atoms with Crippen molar-refractivity contribution in [3.05, 3.63) is 0 Å². The van der Waals surface area contributed by atoms with Gasteiger partial charge < -0.3 is 14.0 Å². The Hall–Kier alpha value is 0.230. The highest BCUT2D eigenvalue weighted by Crippen LogP contribution is 2.26. The molecule has 1 rings (SSSR count). The van der Waals surface area contributed by atoms with Crippen LogP contribution < -0.4 is 0 Å². The summed E-state index contributed by atoms with van der Waals surface area (Å²) in [5.41, 5.74) is -0.208. The second-order valence-electron chi connectivity index (χ2n) is 2.36. The highest BCUT2D eigenvalue weighted by Gasteiger charge is 2.32. The zero-order chi connectivity index (χ0) is 6.91. The number of rotatable bonds is 1. The Bertz CT molecular complexity index is 104. The van der Waals surface area contributed by atoms with E-state index < -0.39 is 5.79 Å². The molecule has 3 nitrogen and oxygen atoms in total. The van der Waals surface area contributed by atoms with Crippen molar-refractivity contribution in [2.75, 3.05) is 6.61 Å². The van der Waals surface area contributed by atoms with Gasteiger partial charge >= 0.3 is 0 Å². The molecule has 4 heteroatoms. The van der Waals surface area contributed by atoms with E-state index in [4.69, 9.17) is 14.0 Å². The first-order valence-electron chi connectivity index (χ1n) is 2.76. The van der Waals surface area contributed by atoms with Crippen molar-refractivity contribution in [2.45, 2.75) is 25.1 Å². The Kier molecular flexibility index (Phi) is 2.00. The van der Waals surface area contributed by atoms with Gasteiger partial charge in [0.05, 0.1) is 6.61 Å². The lowest BCUT2D eigenvalue weighted by atomic mass is 10.4. The fraction of sp³-hybridized carbons (Fsp3) is 1.00. The zero-order valence-corrected chi connectivity index (χ0v) is 6.27. The molecule has 1 unspecified atom stereocenters. The van der Waals surface area contributed by atoms with Gasteiger partial charge in [-0.05, 0) is 13.8 Å². The zero-order valence-electron chi connectivity index (χ0n) is 5.46. The van der Waals surface area contributed by atoms with E-state index in [9.17, 15) is 0 Å². The van der Waals surface area contributed by atoms with Crippen LogP contribution in [0.4, 0.5) is 0 Å². The van der Waals surface area contributed by atoms with Crippen LogP contribution >= 0.6 is 12.0 Å². The van der Waals surface area contributed by atoms with Gasteiger partial charge in [0.15, 0.2) is 11.2 Å². The molecule has 0 aromatic rings. The summed E-state index contributed by atoms with van der Waals surface area (Å²) in [6.07, 6.45) is 0. The molecular weight excluding hydrogens is 140 g/mol. The lowest BCUT2D eigenvalue weighted by Crippen LogP contribution is -2.20. The quantitative estimate of drug-likeness (QED) is 0.572. The monoisotopic (exact) mass is 150 g/mol. The third-order valence-corrected chi connectivity index (χ3v) is 1.57. The molecule has 0 aromatic carbocycles. The van der Waals surface area contributed by atoms with Crippen molar-refractivity contribution in [1.29, 1.82) is 0 Å². The van der Waals surface area contributed by atoms with Gasteiger partial charge in [0.25, 0.3) is 0 Å². The van der Waals surface area contributed by atoms with Crippen LogP contribution in [-0.4, -0.2) is 22.4 Å². The number of hydrogen-bond acceptors (Lipinski definition) is 4. The van der Waals surface area contributed by atoms with Crippen molar-refractivity contribution in [3.8, 4) is 0 Å².